The van der Waals surface area contributed by atoms with Crippen molar-refractivity contribution in [3.63, 3.8) is 0 Å². The minimum absolute atomic E-state index is 0.245. The van der Waals surface area contributed by atoms with E-state index in [0.717, 1.165) is 6.42 Å². The summed E-state index contributed by atoms with van der Waals surface area (Å²) in [4.78, 5) is 0. The lowest BCUT2D eigenvalue weighted by Gasteiger charge is -2.23. The van der Waals surface area contributed by atoms with Gasteiger partial charge in [-0.05, 0) is 12.8 Å². The normalized spacial score (nSPS) is 20.1. The van der Waals surface area contributed by atoms with Gasteiger partial charge in [-0.15, -0.1) is 0 Å². The Labute approximate surface area is 75.3 Å². The summed E-state index contributed by atoms with van der Waals surface area (Å²) in [6.07, 6.45) is 2.15. The predicted octanol–water partition coefficient (Wildman–Crippen LogP) is 0.793. The number of sulfone groups is 1. The molecule has 0 radical (unpaired) electrons. The monoisotopic (exact) mass is 193 g/mol. The van der Waals surface area contributed by atoms with Gasteiger partial charge in [-0.25, -0.2) is 8.42 Å². The third kappa shape index (κ3) is 3.11. The van der Waals surface area contributed by atoms with Crippen LogP contribution in [0.2, 0.25) is 0 Å². The maximum atomic E-state index is 11.1. The van der Waals surface area contributed by atoms with E-state index in [1.54, 1.807) is 6.92 Å². The zero-order valence-electron chi connectivity index (χ0n) is 8.24. The largest absolute Gasteiger partial charge is 0.326 e. The molecule has 0 bridgehead atoms. The zero-order chi connectivity index (χ0) is 9.94. The van der Waals surface area contributed by atoms with E-state index < -0.39 is 15.1 Å². The van der Waals surface area contributed by atoms with Gasteiger partial charge in [0, 0.05) is 12.3 Å². The van der Waals surface area contributed by atoms with Crippen molar-refractivity contribution in [3.8, 4) is 0 Å². The van der Waals surface area contributed by atoms with Crippen molar-refractivity contribution in [1.29, 1.82) is 0 Å². The van der Waals surface area contributed by atoms with Crippen molar-refractivity contribution in [2.45, 2.75) is 38.5 Å². The first-order chi connectivity index (χ1) is 5.30. The van der Waals surface area contributed by atoms with Crippen LogP contribution in [0, 0.1) is 5.92 Å². The molecule has 0 aromatic rings. The van der Waals surface area contributed by atoms with Crippen LogP contribution in [0.15, 0.2) is 0 Å². The van der Waals surface area contributed by atoms with E-state index in [0.29, 0.717) is 0 Å². The lowest BCUT2D eigenvalue weighted by Crippen LogP contribution is -2.42. The van der Waals surface area contributed by atoms with Crippen molar-refractivity contribution in [1.82, 2.24) is 0 Å². The molecule has 0 heterocycles. The van der Waals surface area contributed by atoms with Crippen LogP contribution < -0.4 is 5.73 Å². The Kier molecular flexibility index (Phi) is 4.20. The van der Waals surface area contributed by atoms with E-state index in [2.05, 4.69) is 0 Å². The van der Waals surface area contributed by atoms with Crippen molar-refractivity contribution >= 4 is 9.84 Å². The predicted molar refractivity (Wildman–Crippen MR) is 51.7 cm³/mol. The molecule has 0 aromatic heterocycles. The molecule has 3 unspecified atom stereocenters. The van der Waals surface area contributed by atoms with Crippen LogP contribution in [0.5, 0.6) is 0 Å². The molecule has 0 fully saturated rings. The maximum Gasteiger partial charge on any atom is 0.151 e. The Morgan fingerprint density at radius 2 is 1.75 bits per heavy atom. The van der Waals surface area contributed by atoms with Crippen molar-refractivity contribution < 1.29 is 8.42 Å². The van der Waals surface area contributed by atoms with Gasteiger partial charge in [0.1, 0.15) is 0 Å². The van der Waals surface area contributed by atoms with E-state index in [4.69, 9.17) is 5.73 Å². The summed E-state index contributed by atoms with van der Waals surface area (Å²) < 4.78 is 22.2. The number of nitrogens with two attached hydrogens (primary N) is 1. The summed E-state index contributed by atoms with van der Waals surface area (Å²) in [6.45, 7) is 5.66. The molecule has 3 nitrogen and oxygen atoms in total. The smallest absolute Gasteiger partial charge is 0.151 e. The molecule has 0 rings (SSSR count). The highest BCUT2D eigenvalue weighted by atomic mass is 32.2. The van der Waals surface area contributed by atoms with Gasteiger partial charge in [0.15, 0.2) is 9.84 Å². The van der Waals surface area contributed by atoms with E-state index in [9.17, 15) is 8.42 Å². The van der Waals surface area contributed by atoms with Gasteiger partial charge in [-0.2, -0.15) is 0 Å². The number of rotatable bonds is 4. The highest BCUT2D eigenvalue weighted by Gasteiger charge is 2.25. The topological polar surface area (TPSA) is 60.2 Å². The van der Waals surface area contributed by atoms with E-state index >= 15 is 0 Å². The summed E-state index contributed by atoms with van der Waals surface area (Å²) >= 11 is 0. The van der Waals surface area contributed by atoms with Gasteiger partial charge in [-0.1, -0.05) is 20.3 Å². The maximum absolute atomic E-state index is 11.1. The van der Waals surface area contributed by atoms with E-state index in [1.165, 1.54) is 6.26 Å². The summed E-state index contributed by atoms with van der Waals surface area (Å²) in [6, 6.07) is -0.245. The standard InChI is InChI=1S/C8H19NO2S/c1-5-6(2)8(9)7(3)12(4,10)11/h6-8H,5,9H2,1-4H3. The molecule has 74 valence electrons. The molecule has 3 atom stereocenters. The minimum atomic E-state index is -2.98. The molecule has 0 aliphatic carbocycles. The fraction of sp³-hybridized carbons (Fsp3) is 1.00. The molecule has 0 amide bonds. The summed E-state index contributed by atoms with van der Waals surface area (Å²) in [5, 5.41) is -0.438. The molecule has 0 spiro atoms. The minimum Gasteiger partial charge on any atom is -0.326 e. The lowest BCUT2D eigenvalue weighted by atomic mass is 9.98. The van der Waals surface area contributed by atoms with E-state index in [-0.39, 0.29) is 12.0 Å². The number of hydrogen-bond donors (Lipinski definition) is 1. The Balaban J connectivity index is 4.40. The zero-order valence-corrected chi connectivity index (χ0v) is 9.06. The van der Waals surface area contributed by atoms with Crippen LogP contribution >= 0.6 is 0 Å². The fourth-order valence-corrected chi connectivity index (χ4v) is 1.86. The van der Waals surface area contributed by atoms with Gasteiger partial charge in [0.25, 0.3) is 0 Å². The molecule has 2 N–H and O–H groups in total. The Hall–Kier alpha value is -0.0900. The van der Waals surface area contributed by atoms with Crippen LogP contribution in [-0.4, -0.2) is 26.0 Å². The first-order valence-electron chi connectivity index (χ1n) is 4.25. The highest BCUT2D eigenvalue weighted by Crippen LogP contribution is 2.13. The van der Waals surface area contributed by atoms with E-state index in [1.807, 2.05) is 13.8 Å². The second-order valence-corrected chi connectivity index (χ2v) is 5.90. The summed E-state index contributed by atoms with van der Waals surface area (Å²) in [5.41, 5.74) is 5.78. The molecule has 4 heteroatoms. The average molecular weight is 193 g/mol. The third-order valence-electron chi connectivity index (χ3n) is 2.52. The molecule has 0 aliphatic heterocycles. The molecule has 0 aromatic carbocycles. The third-order valence-corrected chi connectivity index (χ3v) is 4.18. The Morgan fingerprint density at radius 3 is 2.00 bits per heavy atom. The first-order valence-corrected chi connectivity index (χ1v) is 6.20. The Bertz CT molecular complexity index is 223. The van der Waals surface area contributed by atoms with Gasteiger partial charge in [-0.3, -0.25) is 0 Å². The lowest BCUT2D eigenvalue weighted by molar-refractivity contribution is 0.428. The molecule has 0 saturated heterocycles. The molecular formula is C8H19NO2S. The number of hydrogen-bond acceptors (Lipinski definition) is 3. The molecule has 12 heavy (non-hydrogen) atoms. The fourth-order valence-electron chi connectivity index (χ4n) is 1.02. The summed E-state index contributed by atoms with van der Waals surface area (Å²) in [7, 11) is -2.98. The van der Waals surface area contributed by atoms with Crippen LogP contribution in [0.3, 0.4) is 0 Å². The second kappa shape index (κ2) is 4.23. The van der Waals surface area contributed by atoms with Crippen LogP contribution in [0.25, 0.3) is 0 Å². The van der Waals surface area contributed by atoms with Gasteiger partial charge >= 0.3 is 0 Å². The van der Waals surface area contributed by atoms with Gasteiger partial charge in [0.2, 0.25) is 0 Å². The van der Waals surface area contributed by atoms with Crippen LogP contribution in [0.1, 0.15) is 27.2 Å². The average Bonchev–Trinajstić information content (AvgIpc) is 1.98. The summed E-state index contributed by atoms with van der Waals surface area (Å²) in [5.74, 6) is 0.259. The highest BCUT2D eigenvalue weighted by molar-refractivity contribution is 7.91. The van der Waals surface area contributed by atoms with Crippen molar-refractivity contribution in [3.05, 3.63) is 0 Å². The molecule has 0 aliphatic rings. The quantitative estimate of drug-likeness (QED) is 0.718. The van der Waals surface area contributed by atoms with Gasteiger partial charge < -0.3 is 5.73 Å². The molecular weight excluding hydrogens is 174 g/mol. The SMILES string of the molecule is CCC(C)C(N)C(C)S(C)(=O)=O. The van der Waals surface area contributed by atoms with Crippen molar-refractivity contribution in [2.24, 2.45) is 11.7 Å². The molecule has 0 saturated carbocycles. The van der Waals surface area contributed by atoms with Crippen molar-refractivity contribution in [2.75, 3.05) is 6.26 Å². The van der Waals surface area contributed by atoms with Crippen LogP contribution in [0.4, 0.5) is 0 Å². The second-order valence-electron chi connectivity index (χ2n) is 3.50. The van der Waals surface area contributed by atoms with Gasteiger partial charge in [0.05, 0.1) is 5.25 Å². The Morgan fingerprint density at radius 1 is 1.33 bits per heavy atom. The van der Waals surface area contributed by atoms with Crippen LogP contribution in [-0.2, 0) is 9.84 Å². The first kappa shape index (κ1) is 11.9.